The van der Waals surface area contributed by atoms with Crippen molar-refractivity contribution < 1.29 is 9.59 Å². The molecular weight excluding hydrogens is 310 g/mol. The van der Waals surface area contributed by atoms with Crippen molar-refractivity contribution in [2.45, 2.75) is 6.92 Å². The summed E-state index contributed by atoms with van der Waals surface area (Å²) in [6.45, 7) is 2.41. The molecule has 2 aromatic rings. The molecule has 112 valence electrons. The Bertz CT molecular complexity index is 650. The topological polar surface area (TPSA) is 65.2 Å². The molecule has 0 radical (unpaired) electrons. The molecule has 0 saturated heterocycles. The highest BCUT2D eigenvalue weighted by molar-refractivity contribution is 7.19. The second-order valence-corrected chi connectivity index (χ2v) is 6.22. The van der Waals surface area contributed by atoms with E-state index >= 15 is 0 Å². The van der Waals surface area contributed by atoms with Gasteiger partial charge in [-0.25, -0.2) is 0 Å². The van der Waals surface area contributed by atoms with Gasteiger partial charge in [-0.15, -0.1) is 11.3 Å². The molecule has 7 heteroatoms. The number of carbonyl (C=O) groups is 2. The summed E-state index contributed by atoms with van der Waals surface area (Å²) < 4.78 is 0.667. The SMILES string of the molecule is CCNC(=O)CN(C)C(=O)c1c[nH]cc1-c1ccc(Cl)s1. The molecule has 0 saturated carbocycles. The van der Waals surface area contributed by atoms with E-state index < -0.39 is 0 Å². The molecule has 0 aromatic carbocycles. The standard InChI is InChI=1S/C14H16ClN3O2S/c1-3-17-13(19)8-18(2)14(20)10-7-16-6-9(10)11-4-5-12(15)21-11/h4-7,16H,3,8H2,1-2H3,(H,17,19). The molecule has 0 aliphatic carbocycles. The van der Waals surface area contributed by atoms with E-state index in [0.29, 0.717) is 16.4 Å². The minimum atomic E-state index is -0.206. The maximum Gasteiger partial charge on any atom is 0.256 e. The maximum atomic E-state index is 12.4. The molecule has 0 unspecified atom stereocenters. The number of thiophene rings is 1. The van der Waals surface area contributed by atoms with Crippen LogP contribution in [0, 0.1) is 0 Å². The molecule has 0 aliphatic rings. The molecule has 2 amide bonds. The monoisotopic (exact) mass is 325 g/mol. The zero-order valence-corrected chi connectivity index (χ0v) is 13.3. The number of hydrogen-bond acceptors (Lipinski definition) is 3. The molecule has 0 aliphatic heterocycles. The number of rotatable bonds is 5. The van der Waals surface area contributed by atoms with Gasteiger partial charge in [0.05, 0.1) is 16.4 Å². The van der Waals surface area contributed by atoms with E-state index in [1.54, 1.807) is 25.5 Å². The average Bonchev–Trinajstić information content (AvgIpc) is 3.06. The van der Waals surface area contributed by atoms with E-state index in [2.05, 4.69) is 10.3 Å². The van der Waals surface area contributed by atoms with Gasteiger partial charge in [0.25, 0.3) is 5.91 Å². The number of aromatic amines is 1. The van der Waals surface area contributed by atoms with Crippen molar-refractivity contribution in [1.82, 2.24) is 15.2 Å². The highest BCUT2D eigenvalue weighted by Crippen LogP contribution is 2.33. The number of H-pyrrole nitrogens is 1. The first-order chi connectivity index (χ1) is 10.0. The van der Waals surface area contributed by atoms with E-state index in [1.165, 1.54) is 16.2 Å². The predicted octanol–water partition coefficient (Wildman–Crippen LogP) is 2.60. The van der Waals surface area contributed by atoms with Crippen molar-refractivity contribution >= 4 is 34.8 Å². The first-order valence-corrected chi connectivity index (χ1v) is 7.67. The Morgan fingerprint density at radius 1 is 1.38 bits per heavy atom. The Balaban J connectivity index is 2.17. The van der Waals surface area contributed by atoms with E-state index in [1.807, 2.05) is 13.0 Å². The fraction of sp³-hybridized carbons (Fsp3) is 0.286. The fourth-order valence-electron chi connectivity index (χ4n) is 1.95. The fourth-order valence-corrected chi connectivity index (χ4v) is 3.02. The zero-order valence-electron chi connectivity index (χ0n) is 11.8. The number of aromatic nitrogens is 1. The second kappa shape index (κ2) is 6.78. The largest absolute Gasteiger partial charge is 0.366 e. The van der Waals surface area contributed by atoms with Gasteiger partial charge >= 0.3 is 0 Å². The normalized spacial score (nSPS) is 10.4. The Morgan fingerprint density at radius 3 is 2.76 bits per heavy atom. The molecule has 0 fully saturated rings. The number of nitrogens with one attached hydrogen (secondary N) is 2. The van der Waals surface area contributed by atoms with Crippen LogP contribution in [-0.4, -0.2) is 41.8 Å². The van der Waals surface area contributed by atoms with Crippen LogP contribution in [0.25, 0.3) is 10.4 Å². The van der Waals surface area contributed by atoms with E-state index in [0.717, 1.165) is 10.4 Å². The van der Waals surface area contributed by atoms with Gasteiger partial charge in [-0.1, -0.05) is 11.6 Å². The summed E-state index contributed by atoms with van der Waals surface area (Å²) in [5.41, 5.74) is 1.32. The van der Waals surface area contributed by atoms with Crippen LogP contribution in [0.2, 0.25) is 4.34 Å². The number of nitrogens with zero attached hydrogens (tertiary/aromatic N) is 1. The van der Waals surface area contributed by atoms with Gasteiger partial charge in [-0.2, -0.15) is 0 Å². The van der Waals surface area contributed by atoms with Crippen LogP contribution in [0.4, 0.5) is 0 Å². The van der Waals surface area contributed by atoms with Gasteiger partial charge in [0.1, 0.15) is 0 Å². The quantitative estimate of drug-likeness (QED) is 0.887. The maximum absolute atomic E-state index is 12.4. The summed E-state index contributed by atoms with van der Waals surface area (Å²) in [5.74, 6) is -0.383. The van der Waals surface area contributed by atoms with Gasteiger partial charge in [-0.05, 0) is 19.1 Å². The molecule has 5 nitrogen and oxygen atoms in total. The summed E-state index contributed by atoms with van der Waals surface area (Å²) >= 11 is 7.34. The molecular formula is C14H16ClN3O2S. The van der Waals surface area contributed by atoms with Crippen molar-refractivity contribution in [3.63, 3.8) is 0 Å². The van der Waals surface area contributed by atoms with Gasteiger partial charge in [0.2, 0.25) is 5.91 Å². The van der Waals surface area contributed by atoms with Crippen molar-refractivity contribution in [3.05, 3.63) is 34.4 Å². The smallest absolute Gasteiger partial charge is 0.256 e. The predicted molar refractivity (Wildman–Crippen MR) is 84.8 cm³/mol. The van der Waals surface area contributed by atoms with Crippen molar-refractivity contribution in [1.29, 1.82) is 0 Å². The Kier molecular flexibility index (Phi) is 5.03. The molecule has 2 heterocycles. The van der Waals surface area contributed by atoms with Crippen LogP contribution in [0.3, 0.4) is 0 Å². The van der Waals surface area contributed by atoms with Crippen LogP contribution in [0.15, 0.2) is 24.5 Å². The highest BCUT2D eigenvalue weighted by atomic mass is 35.5. The van der Waals surface area contributed by atoms with Gasteiger partial charge < -0.3 is 15.2 Å². The lowest BCUT2D eigenvalue weighted by atomic mass is 10.1. The number of hydrogen-bond donors (Lipinski definition) is 2. The molecule has 2 rings (SSSR count). The van der Waals surface area contributed by atoms with Gasteiger partial charge in [-0.3, -0.25) is 9.59 Å². The molecule has 21 heavy (non-hydrogen) atoms. The summed E-state index contributed by atoms with van der Waals surface area (Å²) in [6.07, 6.45) is 3.40. The lowest BCUT2D eigenvalue weighted by Crippen LogP contribution is -2.38. The van der Waals surface area contributed by atoms with Gasteiger partial charge in [0, 0.05) is 36.4 Å². The van der Waals surface area contributed by atoms with Crippen LogP contribution in [-0.2, 0) is 4.79 Å². The molecule has 2 aromatic heterocycles. The number of halogens is 1. The lowest BCUT2D eigenvalue weighted by Gasteiger charge is -2.16. The first-order valence-electron chi connectivity index (χ1n) is 6.47. The lowest BCUT2D eigenvalue weighted by molar-refractivity contribution is -0.121. The van der Waals surface area contributed by atoms with E-state index in [9.17, 15) is 9.59 Å². The van der Waals surface area contributed by atoms with Crippen LogP contribution >= 0.6 is 22.9 Å². The van der Waals surface area contributed by atoms with E-state index in [4.69, 9.17) is 11.6 Å². The van der Waals surface area contributed by atoms with Gasteiger partial charge in [0.15, 0.2) is 0 Å². The Hall–Kier alpha value is -1.79. The van der Waals surface area contributed by atoms with Crippen molar-refractivity contribution in [3.8, 4) is 10.4 Å². The molecule has 0 bridgehead atoms. The third-order valence-electron chi connectivity index (χ3n) is 2.92. The number of carbonyl (C=O) groups excluding carboxylic acids is 2. The molecule has 0 atom stereocenters. The van der Waals surface area contributed by atoms with Crippen molar-refractivity contribution in [2.24, 2.45) is 0 Å². The third kappa shape index (κ3) is 3.65. The average molecular weight is 326 g/mol. The van der Waals surface area contributed by atoms with Crippen molar-refractivity contribution in [2.75, 3.05) is 20.1 Å². The van der Waals surface area contributed by atoms with Crippen LogP contribution in [0.1, 0.15) is 17.3 Å². The number of amides is 2. The highest BCUT2D eigenvalue weighted by Gasteiger charge is 2.20. The molecule has 2 N–H and O–H groups in total. The summed E-state index contributed by atoms with van der Waals surface area (Å²) in [6, 6.07) is 3.66. The van der Waals surface area contributed by atoms with Crippen LogP contribution in [0.5, 0.6) is 0 Å². The summed E-state index contributed by atoms with van der Waals surface area (Å²) in [4.78, 5) is 29.2. The van der Waals surface area contributed by atoms with Crippen LogP contribution < -0.4 is 5.32 Å². The Morgan fingerprint density at radius 2 is 2.14 bits per heavy atom. The first kappa shape index (κ1) is 15.6. The minimum absolute atomic E-state index is 0.0302. The third-order valence-corrected chi connectivity index (χ3v) is 4.18. The number of likely N-dealkylation sites (N-methyl/N-ethyl adjacent to an activating group) is 2. The summed E-state index contributed by atoms with van der Waals surface area (Å²) in [7, 11) is 1.61. The zero-order chi connectivity index (χ0) is 15.4. The summed E-state index contributed by atoms with van der Waals surface area (Å²) in [5, 5.41) is 2.67. The molecule has 0 spiro atoms. The van der Waals surface area contributed by atoms with E-state index in [-0.39, 0.29) is 18.4 Å². The second-order valence-electron chi connectivity index (χ2n) is 4.50. The Labute approximate surface area is 131 Å². The minimum Gasteiger partial charge on any atom is -0.366 e.